The smallest absolute Gasteiger partial charge is 0.303 e. The van der Waals surface area contributed by atoms with Gasteiger partial charge in [0.05, 0.1) is 7.11 Å². The molecule has 2 aromatic rings. The molecule has 0 spiro atoms. The minimum absolute atomic E-state index is 0.0188. The van der Waals surface area contributed by atoms with Crippen molar-refractivity contribution in [3.05, 3.63) is 35.9 Å². The van der Waals surface area contributed by atoms with Crippen LogP contribution in [0.2, 0.25) is 0 Å². The number of fused-ring (bicyclic) bond motifs is 1. The predicted molar refractivity (Wildman–Crippen MR) is 68.1 cm³/mol. The number of aryl methyl sites for hydroxylation is 1. The van der Waals surface area contributed by atoms with Gasteiger partial charge in [-0.25, -0.2) is 0 Å². The third-order valence-electron chi connectivity index (χ3n) is 2.89. The fourth-order valence-electron chi connectivity index (χ4n) is 1.98. The lowest BCUT2D eigenvalue weighted by Gasteiger charge is -2.11. The van der Waals surface area contributed by atoms with Gasteiger partial charge in [-0.05, 0) is 18.1 Å². The van der Waals surface area contributed by atoms with Crippen molar-refractivity contribution in [2.24, 2.45) is 0 Å². The van der Waals surface area contributed by atoms with E-state index in [2.05, 4.69) is 0 Å². The van der Waals surface area contributed by atoms with Gasteiger partial charge in [0.2, 0.25) is 0 Å². The maximum atomic E-state index is 10.6. The Balaban J connectivity index is 2.54. The van der Waals surface area contributed by atoms with Gasteiger partial charge < -0.3 is 14.9 Å². The number of carbonyl (C=O) groups is 1. The van der Waals surface area contributed by atoms with Crippen LogP contribution in [0, 0.1) is 0 Å². The normalized spacial score (nSPS) is 10.5. The van der Waals surface area contributed by atoms with E-state index in [0.29, 0.717) is 16.7 Å². The Hall–Kier alpha value is -2.23. The summed E-state index contributed by atoms with van der Waals surface area (Å²) >= 11 is 0. The zero-order chi connectivity index (χ0) is 13.1. The highest BCUT2D eigenvalue weighted by atomic mass is 16.5. The number of benzene rings is 2. The van der Waals surface area contributed by atoms with Gasteiger partial charge in [0.25, 0.3) is 0 Å². The van der Waals surface area contributed by atoms with Crippen LogP contribution < -0.4 is 4.74 Å². The quantitative estimate of drug-likeness (QED) is 0.870. The molecule has 0 heterocycles. The van der Waals surface area contributed by atoms with Gasteiger partial charge in [-0.1, -0.05) is 24.3 Å². The van der Waals surface area contributed by atoms with E-state index in [0.717, 1.165) is 5.39 Å². The first-order valence-corrected chi connectivity index (χ1v) is 5.63. The van der Waals surface area contributed by atoms with E-state index in [4.69, 9.17) is 9.84 Å². The summed E-state index contributed by atoms with van der Waals surface area (Å²) < 4.78 is 5.27. The average Bonchev–Trinajstić information content (AvgIpc) is 2.38. The molecule has 18 heavy (non-hydrogen) atoms. The van der Waals surface area contributed by atoms with E-state index < -0.39 is 5.97 Å². The van der Waals surface area contributed by atoms with Crippen LogP contribution in [0.4, 0.5) is 0 Å². The van der Waals surface area contributed by atoms with Gasteiger partial charge in [-0.2, -0.15) is 0 Å². The molecule has 0 saturated heterocycles. The molecule has 0 fully saturated rings. The fraction of sp³-hybridized carbons (Fsp3) is 0.214. The number of aromatic hydroxyl groups is 1. The first-order valence-electron chi connectivity index (χ1n) is 5.63. The summed E-state index contributed by atoms with van der Waals surface area (Å²) in [7, 11) is 1.56. The van der Waals surface area contributed by atoms with Crippen LogP contribution in [-0.2, 0) is 11.2 Å². The Labute approximate surface area is 104 Å². The van der Waals surface area contributed by atoms with Crippen LogP contribution in [-0.4, -0.2) is 23.3 Å². The minimum atomic E-state index is -0.887. The molecule has 0 unspecified atom stereocenters. The molecule has 0 aliphatic rings. The maximum absolute atomic E-state index is 10.6. The molecule has 0 bridgehead atoms. The van der Waals surface area contributed by atoms with Crippen LogP contribution in [0.3, 0.4) is 0 Å². The van der Waals surface area contributed by atoms with Gasteiger partial charge in [0, 0.05) is 17.2 Å². The minimum Gasteiger partial charge on any atom is -0.507 e. The van der Waals surface area contributed by atoms with E-state index in [9.17, 15) is 9.90 Å². The molecule has 2 rings (SSSR count). The molecule has 2 N–H and O–H groups in total. The third kappa shape index (κ3) is 2.22. The van der Waals surface area contributed by atoms with Crippen molar-refractivity contribution < 1.29 is 19.7 Å². The van der Waals surface area contributed by atoms with Crippen molar-refractivity contribution in [2.75, 3.05) is 7.11 Å². The Morgan fingerprint density at radius 2 is 1.94 bits per heavy atom. The van der Waals surface area contributed by atoms with Crippen molar-refractivity contribution in [2.45, 2.75) is 12.8 Å². The number of phenols is 1. The summed E-state index contributed by atoms with van der Waals surface area (Å²) in [5.41, 5.74) is 0.591. The summed E-state index contributed by atoms with van der Waals surface area (Å²) in [6, 6.07) is 9.02. The van der Waals surface area contributed by atoms with E-state index in [-0.39, 0.29) is 18.6 Å². The molecular weight excluding hydrogens is 232 g/mol. The first kappa shape index (κ1) is 12.2. The van der Waals surface area contributed by atoms with Gasteiger partial charge >= 0.3 is 5.97 Å². The van der Waals surface area contributed by atoms with Gasteiger partial charge in [0.1, 0.15) is 11.5 Å². The highest BCUT2D eigenvalue weighted by molar-refractivity contribution is 5.94. The topological polar surface area (TPSA) is 66.8 Å². The standard InChI is InChI=1S/C14H14O4/c1-18-12-8-9(6-7-13(15)16)14(17)11-5-3-2-4-10(11)12/h2-5,8,17H,6-7H2,1H3,(H,15,16). The second kappa shape index (κ2) is 4.96. The van der Waals surface area contributed by atoms with E-state index in [1.165, 1.54) is 0 Å². The number of carboxylic acid groups (broad SMARTS) is 1. The Morgan fingerprint density at radius 3 is 2.56 bits per heavy atom. The first-order chi connectivity index (χ1) is 8.63. The van der Waals surface area contributed by atoms with Crippen molar-refractivity contribution in [1.29, 1.82) is 0 Å². The van der Waals surface area contributed by atoms with Crippen LogP contribution in [0.5, 0.6) is 11.5 Å². The molecule has 4 heteroatoms. The SMILES string of the molecule is COc1cc(CCC(=O)O)c(O)c2ccccc12. The highest BCUT2D eigenvalue weighted by Gasteiger charge is 2.12. The number of hydrogen-bond donors (Lipinski definition) is 2. The molecular formula is C14H14O4. The Morgan fingerprint density at radius 1 is 1.28 bits per heavy atom. The summed E-state index contributed by atoms with van der Waals surface area (Å²) in [5.74, 6) is -0.113. The summed E-state index contributed by atoms with van der Waals surface area (Å²) in [6.45, 7) is 0. The number of carboxylic acids is 1. The summed E-state index contributed by atoms with van der Waals surface area (Å²) in [4.78, 5) is 10.6. The van der Waals surface area contributed by atoms with Crippen molar-refractivity contribution >= 4 is 16.7 Å². The van der Waals surface area contributed by atoms with E-state index in [1.807, 2.05) is 18.2 Å². The van der Waals surface area contributed by atoms with Crippen molar-refractivity contribution in [3.8, 4) is 11.5 Å². The monoisotopic (exact) mass is 246 g/mol. The molecule has 0 amide bonds. The summed E-state index contributed by atoms with van der Waals surface area (Å²) in [5, 5.41) is 20.3. The van der Waals surface area contributed by atoms with E-state index in [1.54, 1.807) is 19.2 Å². The van der Waals surface area contributed by atoms with Crippen molar-refractivity contribution in [1.82, 2.24) is 0 Å². The number of methoxy groups -OCH3 is 1. The summed E-state index contributed by atoms with van der Waals surface area (Å²) in [6.07, 6.45) is 0.261. The fourth-order valence-corrected chi connectivity index (χ4v) is 1.98. The molecule has 0 radical (unpaired) electrons. The van der Waals surface area contributed by atoms with Gasteiger partial charge in [-0.3, -0.25) is 4.79 Å². The second-order valence-electron chi connectivity index (χ2n) is 4.03. The Bertz CT molecular complexity index is 590. The number of phenolic OH excluding ortho intramolecular Hbond substituents is 1. The number of rotatable bonds is 4. The molecule has 4 nitrogen and oxygen atoms in total. The second-order valence-corrected chi connectivity index (χ2v) is 4.03. The lowest BCUT2D eigenvalue weighted by molar-refractivity contribution is -0.136. The predicted octanol–water partition coefficient (Wildman–Crippen LogP) is 2.57. The highest BCUT2D eigenvalue weighted by Crippen LogP contribution is 2.36. The van der Waals surface area contributed by atoms with Gasteiger partial charge in [0.15, 0.2) is 0 Å². The number of hydrogen-bond acceptors (Lipinski definition) is 3. The average molecular weight is 246 g/mol. The maximum Gasteiger partial charge on any atom is 0.303 e. The molecule has 2 aromatic carbocycles. The lowest BCUT2D eigenvalue weighted by Crippen LogP contribution is -1.98. The van der Waals surface area contributed by atoms with Crippen molar-refractivity contribution in [3.63, 3.8) is 0 Å². The van der Waals surface area contributed by atoms with Gasteiger partial charge in [-0.15, -0.1) is 0 Å². The molecule has 0 aliphatic carbocycles. The Kier molecular flexibility index (Phi) is 3.37. The third-order valence-corrected chi connectivity index (χ3v) is 2.89. The molecule has 0 saturated carbocycles. The van der Waals surface area contributed by atoms with E-state index >= 15 is 0 Å². The molecule has 0 aliphatic heterocycles. The van der Waals surface area contributed by atoms with Crippen LogP contribution >= 0.6 is 0 Å². The van der Waals surface area contributed by atoms with Crippen LogP contribution in [0.25, 0.3) is 10.8 Å². The van der Waals surface area contributed by atoms with Crippen LogP contribution in [0.15, 0.2) is 30.3 Å². The number of ether oxygens (including phenoxy) is 1. The lowest BCUT2D eigenvalue weighted by atomic mass is 10.0. The molecule has 0 atom stereocenters. The largest absolute Gasteiger partial charge is 0.507 e. The molecule has 94 valence electrons. The zero-order valence-corrected chi connectivity index (χ0v) is 10.0. The number of aliphatic carboxylic acids is 1. The van der Waals surface area contributed by atoms with Crippen LogP contribution in [0.1, 0.15) is 12.0 Å². The molecule has 0 aromatic heterocycles. The zero-order valence-electron chi connectivity index (χ0n) is 10.0.